The summed E-state index contributed by atoms with van der Waals surface area (Å²) in [5.41, 5.74) is 6.01. The minimum atomic E-state index is 0.400. The molecule has 1 heteroatoms. The van der Waals surface area contributed by atoms with Gasteiger partial charge in [-0.2, -0.15) is 0 Å². The molecule has 88 valence electrons. The van der Waals surface area contributed by atoms with Gasteiger partial charge in [-0.25, -0.2) is 0 Å². The molecule has 0 unspecified atom stereocenters. The summed E-state index contributed by atoms with van der Waals surface area (Å²) in [6, 6.07) is 2.02. The maximum absolute atomic E-state index is 11.2. The predicted molar refractivity (Wildman–Crippen MR) is 69.5 cm³/mol. The molecule has 0 radical (unpaired) electrons. The van der Waals surface area contributed by atoms with Crippen molar-refractivity contribution in [3.05, 3.63) is 33.9 Å². The minimum absolute atomic E-state index is 0.400. The Labute approximate surface area is 98.9 Å². The van der Waals surface area contributed by atoms with Crippen LogP contribution in [0.2, 0.25) is 0 Å². The van der Waals surface area contributed by atoms with Gasteiger partial charge in [0.2, 0.25) is 0 Å². The van der Waals surface area contributed by atoms with Gasteiger partial charge in [0.1, 0.15) is 6.29 Å². The van der Waals surface area contributed by atoms with Crippen LogP contribution in [0.3, 0.4) is 0 Å². The molecular weight excluding hydrogens is 196 g/mol. The minimum Gasteiger partial charge on any atom is -0.298 e. The number of hydrogen-bond acceptors (Lipinski definition) is 1. The van der Waals surface area contributed by atoms with Crippen LogP contribution in [-0.4, -0.2) is 6.29 Å². The molecule has 0 spiro atoms. The van der Waals surface area contributed by atoms with Crippen LogP contribution >= 0.6 is 0 Å². The molecule has 0 fully saturated rings. The highest BCUT2D eigenvalue weighted by molar-refractivity contribution is 5.79. The molecule has 0 aromatic heterocycles. The summed E-state index contributed by atoms with van der Waals surface area (Å²) in [5.74, 6) is 0.868. The lowest BCUT2D eigenvalue weighted by atomic mass is 9.82. The topological polar surface area (TPSA) is 17.1 Å². The van der Waals surface area contributed by atoms with Gasteiger partial charge in [-0.15, -0.1) is 0 Å². The van der Waals surface area contributed by atoms with Crippen molar-refractivity contribution < 1.29 is 4.79 Å². The Bertz CT molecular complexity index is 400. The number of hydrogen-bond donors (Lipinski definition) is 0. The quantitative estimate of drug-likeness (QED) is 0.689. The molecule has 0 saturated heterocycles. The molecule has 0 atom stereocenters. The largest absolute Gasteiger partial charge is 0.298 e. The summed E-state index contributed by atoms with van der Waals surface area (Å²) in [6.07, 6.45) is 0.994. The average molecular weight is 218 g/mol. The molecular formula is C15H22O. The SMILES string of the molecule is Cc1cc(C=O)c(C(C)C)c(C(C)C)c1C. The van der Waals surface area contributed by atoms with Gasteiger partial charge in [-0.05, 0) is 54.0 Å². The highest BCUT2D eigenvalue weighted by atomic mass is 16.1. The average Bonchev–Trinajstić information content (AvgIpc) is 2.19. The molecule has 0 aliphatic rings. The predicted octanol–water partition coefficient (Wildman–Crippen LogP) is 4.36. The van der Waals surface area contributed by atoms with E-state index >= 15 is 0 Å². The van der Waals surface area contributed by atoms with Crippen LogP contribution in [0.25, 0.3) is 0 Å². The second-order valence-electron chi connectivity index (χ2n) is 5.16. The highest BCUT2D eigenvalue weighted by Crippen LogP contribution is 2.33. The van der Waals surface area contributed by atoms with E-state index in [4.69, 9.17) is 0 Å². The van der Waals surface area contributed by atoms with Crippen molar-refractivity contribution in [1.29, 1.82) is 0 Å². The van der Waals surface area contributed by atoms with Gasteiger partial charge < -0.3 is 0 Å². The molecule has 0 aliphatic heterocycles. The zero-order chi connectivity index (χ0) is 12.5. The standard InChI is InChI=1S/C15H22O/c1-9(2)14-12(6)11(5)7-13(8-16)15(14)10(3)4/h7-10H,1-6H3. The van der Waals surface area contributed by atoms with Crippen molar-refractivity contribution in [3.63, 3.8) is 0 Å². The zero-order valence-electron chi connectivity index (χ0n) is 11.2. The summed E-state index contributed by atoms with van der Waals surface area (Å²) in [6.45, 7) is 12.9. The van der Waals surface area contributed by atoms with Gasteiger partial charge in [0.05, 0.1) is 0 Å². The van der Waals surface area contributed by atoms with Gasteiger partial charge in [-0.1, -0.05) is 27.7 Å². The molecule has 0 amide bonds. The van der Waals surface area contributed by atoms with Crippen LogP contribution in [-0.2, 0) is 0 Å². The summed E-state index contributed by atoms with van der Waals surface area (Å²) in [7, 11) is 0. The van der Waals surface area contributed by atoms with Crippen molar-refractivity contribution in [1.82, 2.24) is 0 Å². The Morgan fingerprint density at radius 2 is 1.50 bits per heavy atom. The first-order valence-electron chi connectivity index (χ1n) is 5.99. The monoisotopic (exact) mass is 218 g/mol. The molecule has 0 heterocycles. The van der Waals surface area contributed by atoms with Gasteiger partial charge >= 0.3 is 0 Å². The van der Waals surface area contributed by atoms with E-state index in [1.165, 1.54) is 22.3 Å². The molecule has 16 heavy (non-hydrogen) atoms. The van der Waals surface area contributed by atoms with E-state index in [-0.39, 0.29) is 0 Å². The third kappa shape index (κ3) is 2.18. The van der Waals surface area contributed by atoms with Crippen molar-refractivity contribution in [2.45, 2.75) is 53.4 Å². The fraction of sp³-hybridized carbons (Fsp3) is 0.533. The Hall–Kier alpha value is -1.11. The first-order chi connectivity index (χ1) is 7.40. The zero-order valence-corrected chi connectivity index (χ0v) is 11.2. The molecule has 0 saturated carbocycles. The summed E-state index contributed by atoms with van der Waals surface area (Å²) in [4.78, 5) is 11.2. The molecule has 0 aliphatic carbocycles. The van der Waals surface area contributed by atoms with Crippen LogP contribution in [0.1, 0.15) is 72.1 Å². The van der Waals surface area contributed by atoms with Crippen LogP contribution in [0.4, 0.5) is 0 Å². The molecule has 1 rings (SSSR count). The van der Waals surface area contributed by atoms with E-state index in [2.05, 4.69) is 41.5 Å². The number of rotatable bonds is 3. The maximum Gasteiger partial charge on any atom is 0.150 e. The van der Waals surface area contributed by atoms with Crippen LogP contribution in [0.5, 0.6) is 0 Å². The van der Waals surface area contributed by atoms with E-state index in [0.717, 1.165) is 11.8 Å². The molecule has 0 bridgehead atoms. The fourth-order valence-electron chi connectivity index (χ4n) is 2.48. The van der Waals surface area contributed by atoms with E-state index in [9.17, 15) is 4.79 Å². The van der Waals surface area contributed by atoms with Crippen molar-refractivity contribution in [2.24, 2.45) is 0 Å². The van der Waals surface area contributed by atoms with Crippen molar-refractivity contribution in [2.75, 3.05) is 0 Å². The third-order valence-electron chi connectivity index (χ3n) is 3.25. The normalized spacial score (nSPS) is 11.2. The second kappa shape index (κ2) is 4.82. The summed E-state index contributed by atoms with van der Waals surface area (Å²) in [5, 5.41) is 0. The number of carbonyl (C=O) groups excluding carboxylic acids is 1. The number of benzene rings is 1. The number of carbonyl (C=O) groups is 1. The van der Waals surface area contributed by atoms with E-state index in [0.29, 0.717) is 11.8 Å². The summed E-state index contributed by atoms with van der Waals surface area (Å²) < 4.78 is 0. The first kappa shape index (κ1) is 13.0. The van der Waals surface area contributed by atoms with Gasteiger partial charge in [0.25, 0.3) is 0 Å². The third-order valence-corrected chi connectivity index (χ3v) is 3.25. The van der Waals surface area contributed by atoms with Crippen molar-refractivity contribution >= 4 is 6.29 Å². The Kier molecular flexibility index (Phi) is 3.90. The van der Waals surface area contributed by atoms with E-state index in [1.807, 2.05) is 6.07 Å². The maximum atomic E-state index is 11.2. The van der Waals surface area contributed by atoms with E-state index < -0.39 is 0 Å². The van der Waals surface area contributed by atoms with Crippen molar-refractivity contribution in [3.8, 4) is 0 Å². The smallest absolute Gasteiger partial charge is 0.150 e. The lowest BCUT2D eigenvalue weighted by molar-refractivity contribution is 0.112. The highest BCUT2D eigenvalue weighted by Gasteiger charge is 2.18. The number of aryl methyl sites for hydroxylation is 1. The van der Waals surface area contributed by atoms with Crippen LogP contribution in [0.15, 0.2) is 6.07 Å². The summed E-state index contributed by atoms with van der Waals surface area (Å²) >= 11 is 0. The second-order valence-corrected chi connectivity index (χ2v) is 5.16. The Balaban J connectivity index is 3.64. The van der Waals surface area contributed by atoms with Crippen LogP contribution in [0, 0.1) is 13.8 Å². The Morgan fingerprint density at radius 3 is 1.88 bits per heavy atom. The molecule has 1 aromatic rings. The Morgan fingerprint density at radius 1 is 1.00 bits per heavy atom. The van der Waals surface area contributed by atoms with E-state index in [1.54, 1.807) is 0 Å². The van der Waals surface area contributed by atoms with Gasteiger partial charge in [-0.3, -0.25) is 4.79 Å². The van der Waals surface area contributed by atoms with Gasteiger partial charge in [0, 0.05) is 5.56 Å². The number of aldehydes is 1. The molecule has 1 nitrogen and oxygen atoms in total. The lowest BCUT2D eigenvalue weighted by Crippen LogP contribution is -2.07. The molecule has 0 N–H and O–H groups in total. The molecule has 1 aromatic carbocycles. The first-order valence-corrected chi connectivity index (χ1v) is 5.99. The fourth-order valence-corrected chi connectivity index (χ4v) is 2.48. The van der Waals surface area contributed by atoms with Crippen LogP contribution < -0.4 is 0 Å². The van der Waals surface area contributed by atoms with Gasteiger partial charge in [0.15, 0.2) is 0 Å². The lowest BCUT2D eigenvalue weighted by Gasteiger charge is -2.22.